The van der Waals surface area contributed by atoms with E-state index in [2.05, 4.69) is 25.1 Å². The molecule has 3 nitrogen and oxygen atoms in total. The predicted octanol–water partition coefficient (Wildman–Crippen LogP) is 4.31. The van der Waals surface area contributed by atoms with Crippen molar-refractivity contribution in [1.29, 1.82) is 0 Å². The summed E-state index contributed by atoms with van der Waals surface area (Å²) in [5.74, 6) is -0.569. The van der Waals surface area contributed by atoms with E-state index in [-0.39, 0.29) is 12.1 Å². The van der Waals surface area contributed by atoms with Crippen LogP contribution in [0, 0.1) is 0 Å². The van der Waals surface area contributed by atoms with Crippen LogP contribution in [0.2, 0.25) is 0 Å². The molecule has 1 aliphatic heterocycles. The van der Waals surface area contributed by atoms with Crippen molar-refractivity contribution in [3.05, 3.63) is 47.5 Å². The molecule has 0 N–H and O–H groups in total. The van der Waals surface area contributed by atoms with Crippen molar-refractivity contribution >= 4 is 6.21 Å². The molecule has 21 heavy (non-hydrogen) atoms. The molecule has 1 fully saturated rings. The van der Waals surface area contributed by atoms with E-state index >= 15 is 0 Å². The Hall–Kier alpha value is -1.45. The minimum absolute atomic E-state index is 0.0121. The molecule has 0 bridgehead atoms. The average molecular weight is 287 g/mol. The molecule has 2 atom stereocenters. The molecule has 0 saturated carbocycles. The average Bonchev–Trinajstić information content (AvgIpc) is 2.50. The monoisotopic (exact) mass is 287 g/mol. The Labute approximate surface area is 127 Å². The van der Waals surface area contributed by atoms with Gasteiger partial charge < -0.3 is 9.47 Å². The van der Waals surface area contributed by atoms with Gasteiger partial charge in [-0.05, 0) is 38.3 Å². The lowest BCUT2D eigenvalue weighted by Gasteiger charge is -2.39. The maximum absolute atomic E-state index is 6.12. The Morgan fingerprint density at radius 1 is 1.33 bits per heavy atom. The van der Waals surface area contributed by atoms with Gasteiger partial charge in [-0.1, -0.05) is 43.3 Å². The summed E-state index contributed by atoms with van der Waals surface area (Å²) in [5, 5.41) is 0. The van der Waals surface area contributed by atoms with Crippen LogP contribution >= 0.6 is 0 Å². The predicted molar refractivity (Wildman–Crippen MR) is 86.6 cm³/mol. The van der Waals surface area contributed by atoms with Crippen LogP contribution in [0.15, 0.2) is 47.0 Å². The Kier molecular flexibility index (Phi) is 5.32. The summed E-state index contributed by atoms with van der Waals surface area (Å²) in [5.41, 5.74) is 2.38. The fourth-order valence-corrected chi connectivity index (χ4v) is 2.41. The molecule has 1 heterocycles. The zero-order valence-corrected chi connectivity index (χ0v) is 13.4. The number of nitrogens with zero attached hydrogens (tertiary/aromatic N) is 1. The van der Waals surface area contributed by atoms with Crippen LogP contribution in [-0.4, -0.2) is 24.7 Å². The van der Waals surface area contributed by atoms with Gasteiger partial charge in [0.15, 0.2) is 5.79 Å². The van der Waals surface area contributed by atoms with Gasteiger partial charge in [0.1, 0.15) is 12.1 Å². The van der Waals surface area contributed by atoms with E-state index < -0.39 is 5.79 Å². The molecular weight excluding hydrogens is 262 g/mol. The smallest absolute Gasteiger partial charge is 0.163 e. The van der Waals surface area contributed by atoms with Gasteiger partial charge in [-0.25, -0.2) is 0 Å². The molecule has 2 rings (SSSR count). The van der Waals surface area contributed by atoms with Crippen LogP contribution in [0.5, 0.6) is 0 Å². The van der Waals surface area contributed by atoms with Crippen molar-refractivity contribution in [2.75, 3.05) is 6.61 Å². The Morgan fingerprint density at radius 2 is 2.05 bits per heavy atom. The minimum atomic E-state index is -0.569. The second-order valence-corrected chi connectivity index (χ2v) is 5.72. The molecule has 0 amide bonds. The van der Waals surface area contributed by atoms with E-state index in [1.165, 1.54) is 5.57 Å². The third-order valence-electron chi connectivity index (χ3n) is 3.70. The zero-order valence-electron chi connectivity index (χ0n) is 13.4. The maximum atomic E-state index is 6.12. The molecule has 0 aliphatic carbocycles. The summed E-state index contributed by atoms with van der Waals surface area (Å²) in [6.45, 7) is 8.64. The zero-order chi connectivity index (χ0) is 15.3. The number of aliphatic imine (C=N–C) groups is 1. The van der Waals surface area contributed by atoms with Crippen LogP contribution in [0.1, 0.15) is 45.8 Å². The topological polar surface area (TPSA) is 30.8 Å². The van der Waals surface area contributed by atoms with E-state index in [0.717, 1.165) is 12.0 Å². The summed E-state index contributed by atoms with van der Waals surface area (Å²) in [6.07, 6.45) is 4.96. The van der Waals surface area contributed by atoms with Gasteiger partial charge in [0, 0.05) is 6.21 Å². The molecule has 1 aromatic rings. The van der Waals surface area contributed by atoms with Gasteiger partial charge in [-0.2, -0.15) is 0 Å². The molecule has 0 unspecified atom stereocenters. The molecule has 0 aromatic heterocycles. The number of hydrogen-bond donors (Lipinski definition) is 0. The fourth-order valence-electron chi connectivity index (χ4n) is 2.41. The molecule has 0 radical (unpaired) electrons. The van der Waals surface area contributed by atoms with E-state index in [4.69, 9.17) is 14.5 Å². The normalized spacial score (nSPS) is 26.2. The third kappa shape index (κ3) is 4.26. The van der Waals surface area contributed by atoms with Crippen molar-refractivity contribution < 1.29 is 9.47 Å². The van der Waals surface area contributed by atoms with Crippen molar-refractivity contribution in [2.45, 2.75) is 52.0 Å². The van der Waals surface area contributed by atoms with Crippen LogP contribution in [0.3, 0.4) is 0 Å². The van der Waals surface area contributed by atoms with E-state index in [9.17, 15) is 0 Å². The lowest BCUT2D eigenvalue weighted by molar-refractivity contribution is -0.281. The Morgan fingerprint density at radius 3 is 2.67 bits per heavy atom. The molecule has 1 aromatic carbocycles. The number of rotatable bonds is 4. The highest BCUT2D eigenvalue weighted by atomic mass is 16.7. The second kappa shape index (κ2) is 7.01. The van der Waals surface area contributed by atoms with Crippen LogP contribution < -0.4 is 0 Å². The molecular formula is C18H25NO2. The van der Waals surface area contributed by atoms with Crippen LogP contribution in [-0.2, 0) is 9.47 Å². The highest BCUT2D eigenvalue weighted by molar-refractivity contribution is 5.78. The molecule has 0 spiro atoms. The number of allylic oxidation sites excluding steroid dienone is 2. The van der Waals surface area contributed by atoms with Gasteiger partial charge in [0.05, 0.1) is 6.61 Å². The first-order chi connectivity index (χ1) is 10.1. The molecule has 1 aliphatic rings. The van der Waals surface area contributed by atoms with E-state index in [1.54, 1.807) is 0 Å². The van der Waals surface area contributed by atoms with Crippen molar-refractivity contribution in [2.24, 2.45) is 4.99 Å². The van der Waals surface area contributed by atoms with Gasteiger partial charge in [0.2, 0.25) is 0 Å². The van der Waals surface area contributed by atoms with Crippen molar-refractivity contribution in [3.63, 3.8) is 0 Å². The maximum Gasteiger partial charge on any atom is 0.163 e. The van der Waals surface area contributed by atoms with Gasteiger partial charge >= 0.3 is 0 Å². The van der Waals surface area contributed by atoms with Crippen LogP contribution in [0.25, 0.3) is 0 Å². The van der Waals surface area contributed by atoms with Crippen LogP contribution in [0.4, 0.5) is 0 Å². The molecule has 1 saturated heterocycles. The van der Waals surface area contributed by atoms with Crippen molar-refractivity contribution in [3.8, 4) is 0 Å². The SMILES string of the molecule is C/C=C(/C=N[C@H]1COC(C)(C)O[C@H]1c1ccccc1)CC. The van der Waals surface area contributed by atoms with E-state index in [0.29, 0.717) is 6.61 Å². The summed E-state index contributed by atoms with van der Waals surface area (Å²) in [4.78, 5) is 4.71. The fraction of sp³-hybridized carbons (Fsp3) is 0.500. The summed E-state index contributed by atoms with van der Waals surface area (Å²) in [6, 6.07) is 10.2. The first kappa shape index (κ1) is 15.9. The van der Waals surface area contributed by atoms with Gasteiger partial charge in [-0.15, -0.1) is 0 Å². The summed E-state index contributed by atoms with van der Waals surface area (Å²) in [7, 11) is 0. The van der Waals surface area contributed by atoms with Crippen molar-refractivity contribution in [1.82, 2.24) is 0 Å². The lowest BCUT2D eigenvalue weighted by Crippen LogP contribution is -2.43. The molecule has 114 valence electrons. The third-order valence-corrected chi connectivity index (χ3v) is 3.70. The number of ether oxygens (including phenoxy) is 2. The second-order valence-electron chi connectivity index (χ2n) is 5.72. The largest absolute Gasteiger partial charge is 0.348 e. The number of benzene rings is 1. The van der Waals surface area contributed by atoms with E-state index in [1.807, 2.05) is 45.2 Å². The summed E-state index contributed by atoms with van der Waals surface area (Å²) < 4.78 is 11.9. The highest BCUT2D eigenvalue weighted by Crippen LogP contribution is 2.34. The lowest BCUT2D eigenvalue weighted by atomic mass is 10.0. The van der Waals surface area contributed by atoms with Gasteiger partial charge in [0.25, 0.3) is 0 Å². The quantitative estimate of drug-likeness (QED) is 0.773. The molecule has 3 heteroatoms. The highest BCUT2D eigenvalue weighted by Gasteiger charge is 2.37. The standard InChI is InChI=1S/C18H25NO2/c1-5-14(6-2)12-19-16-13-20-18(3,4)21-17(16)15-10-8-7-9-11-15/h5,7-12,16-17H,6,13H2,1-4H3/b14-5+,19-12?/t16-,17-/m0/s1. The Balaban J connectivity index is 2.22. The summed E-state index contributed by atoms with van der Waals surface area (Å²) >= 11 is 0. The first-order valence-corrected chi connectivity index (χ1v) is 7.61. The number of hydrogen-bond acceptors (Lipinski definition) is 3. The minimum Gasteiger partial charge on any atom is -0.348 e. The first-order valence-electron chi connectivity index (χ1n) is 7.61. The Bertz CT molecular complexity index is 505. The van der Waals surface area contributed by atoms with Gasteiger partial charge in [-0.3, -0.25) is 4.99 Å².